The van der Waals surface area contributed by atoms with Crippen LogP contribution in [0.5, 0.6) is 0 Å². The molecule has 0 unspecified atom stereocenters. The number of aryl methyl sites for hydroxylation is 1. The van der Waals surface area contributed by atoms with Crippen LogP contribution in [0.2, 0.25) is 0 Å². The van der Waals surface area contributed by atoms with E-state index in [1.807, 2.05) is 19.4 Å². The molecule has 0 bridgehead atoms. The van der Waals surface area contributed by atoms with Gasteiger partial charge in [0.15, 0.2) is 0 Å². The molecular formula is C21H33N3O2. The highest BCUT2D eigenvalue weighted by atomic mass is 16.5. The predicted molar refractivity (Wildman–Crippen MR) is 104 cm³/mol. The maximum atomic E-state index is 5.76. The van der Waals surface area contributed by atoms with Crippen molar-refractivity contribution in [3.8, 4) is 0 Å². The third-order valence-electron chi connectivity index (χ3n) is 6.93. The Kier molecular flexibility index (Phi) is 5.48. The van der Waals surface area contributed by atoms with Gasteiger partial charge in [-0.05, 0) is 50.2 Å². The second-order valence-electron chi connectivity index (χ2n) is 8.42. The number of morpholine rings is 1. The number of methoxy groups -OCH3 is 1. The molecule has 1 saturated carbocycles. The molecule has 5 nitrogen and oxygen atoms in total. The van der Waals surface area contributed by atoms with Gasteiger partial charge < -0.3 is 14.4 Å². The average Bonchev–Trinajstić information content (AvgIpc) is 2.68. The van der Waals surface area contributed by atoms with Crippen molar-refractivity contribution in [2.24, 2.45) is 11.3 Å². The van der Waals surface area contributed by atoms with E-state index in [9.17, 15) is 0 Å². The molecule has 0 radical (unpaired) electrons. The Morgan fingerprint density at radius 3 is 2.88 bits per heavy atom. The van der Waals surface area contributed by atoms with Crippen molar-refractivity contribution in [1.29, 1.82) is 0 Å². The standard InChI is InChI=1S/C21H33N3O2/c1-17-4-3-8-22-20(17)24-9-6-18-14-19(23-10-12-26-13-11-23)5-7-21(18,15-24)16-25-2/h3-4,8,18-19H,5-7,9-16H2,1-2H3/t18-,19-,21+/m0/s1. The Morgan fingerprint density at radius 1 is 1.27 bits per heavy atom. The summed E-state index contributed by atoms with van der Waals surface area (Å²) >= 11 is 0. The number of nitrogens with zero attached hydrogens (tertiary/aromatic N) is 3. The van der Waals surface area contributed by atoms with E-state index in [4.69, 9.17) is 9.47 Å². The van der Waals surface area contributed by atoms with Crippen LogP contribution >= 0.6 is 0 Å². The number of aromatic nitrogens is 1. The van der Waals surface area contributed by atoms with Gasteiger partial charge in [-0.1, -0.05) is 6.07 Å². The van der Waals surface area contributed by atoms with E-state index < -0.39 is 0 Å². The third-order valence-corrected chi connectivity index (χ3v) is 6.93. The van der Waals surface area contributed by atoms with Crippen LogP contribution in [0.3, 0.4) is 0 Å². The minimum absolute atomic E-state index is 0.278. The minimum Gasteiger partial charge on any atom is -0.384 e. The summed E-state index contributed by atoms with van der Waals surface area (Å²) in [7, 11) is 1.87. The van der Waals surface area contributed by atoms with E-state index in [0.717, 1.165) is 63.8 Å². The Bertz CT molecular complexity index is 605. The minimum atomic E-state index is 0.278. The average molecular weight is 360 g/mol. The van der Waals surface area contributed by atoms with Crippen LogP contribution in [0.15, 0.2) is 18.3 Å². The molecule has 2 aliphatic heterocycles. The highest BCUT2D eigenvalue weighted by Crippen LogP contribution is 2.48. The fourth-order valence-corrected chi connectivity index (χ4v) is 5.54. The summed E-state index contributed by atoms with van der Waals surface area (Å²) in [5.74, 6) is 1.92. The first kappa shape index (κ1) is 18.2. The molecule has 0 amide bonds. The number of piperidine rings is 1. The maximum absolute atomic E-state index is 5.76. The molecule has 144 valence electrons. The van der Waals surface area contributed by atoms with Gasteiger partial charge in [-0.3, -0.25) is 4.90 Å². The fourth-order valence-electron chi connectivity index (χ4n) is 5.54. The second kappa shape index (κ2) is 7.83. The summed E-state index contributed by atoms with van der Waals surface area (Å²) in [4.78, 5) is 9.87. The summed E-state index contributed by atoms with van der Waals surface area (Å²) < 4.78 is 11.3. The van der Waals surface area contributed by atoms with Gasteiger partial charge in [0.05, 0.1) is 19.8 Å². The summed E-state index contributed by atoms with van der Waals surface area (Å²) in [6.07, 6.45) is 7.04. The number of rotatable bonds is 4. The number of pyridine rings is 1. The van der Waals surface area contributed by atoms with E-state index in [1.54, 1.807) is 0 Å². The van der Waals surface area contributed by atoms with Crippen molar-refractivity contribution in [2.75, 3.05) is 58.0 Å². The first-order chi connectivity index (χ1) is 12.7. The maximum Gasteiger partial charge on any atom is 0.131 e. The van der Waals surface area contributed by atoms with Crippen molar-refractivity contribution >= 4 is 5.82 Å². The van der Waals surface area contributed by atoms with Gasteiger partial charge in [-0.2, -0.15) is 0 Å². The van der Waals surface area contributed by atoms with E-state index in [-0.39, 0.29) is 5.41 Å². The molecule has 4 rings (SSSR count). The normalized spacial score (nSPS) is 33.1. The lowest BCUT2D eigenvalue weighted by Gasteiger charge is -2.54. The highest BCUT2D eigenvalue weighted by Gasteiger charge is 2.48. The fraction of sp³-hybridized carbons (Fsp3) is 0.762. The van der Waals surface area contributed by atoms with Gasteiger partial charge in [-0.15, -0.1) is 0 Å². The van der Waals surface area contributed by atoms with Crippen molar-refractivity contribution in [3.63, 3.8) is 0 Å². The lowest BCUT2D eigenvalue weighted by atomic mass is 9.61. The van der Waals surface area contributed by atoms with Crippen molar-refractivity contribution < 1.29 is 9.47 Å². The number of fused-ring (bicyclic) bond motifs is 1. The topological polar surface area (TPSA) is 37.8 Å². The van der Waals surface area contributed by atoms with E-state index >= 15 is 0 Å². The predicted octanol–water partition coefficient (Wildman–Crippen LogP) is 2.73. The number of anilines is 1. The first-order valence-electron chi connectivity index (χ1n) is 10.2. The van der Waals surface area contributed by atoms with Crippen LogP contribution in [0.1, 0.15) is 31.2 Å². The molecule has 0 N–H and O–H groups in total. The molecule has 3 fully saturated rings. The summed E-state index contributed by atoms with van der Waals surface area (Å²) in [6, 6.07) is 4.94. The molecule has 0 aromatic carbocycles. The lowest BCUT2D eigenvalue weighted by molar-refractivity contribution is -0.0540. The molecule has 5 heteroatoms. The van der Waals surface area contributed by atoms with Crippen LogP contribution in [-0.4, -0.2) is 69.0 Å². The number of ether oxygens (including phenoxy) is 2. The highest BCUT2D eigenvalue weighted by molar-refractivity contribution is 5.46. The van der Waals surface area contributed by atoms with Crippen LogP contribution in [0, 0.1) is 18.3 Å². The molecule has 3 atom stereocenters. The van der Waals surface area contributed by atoms with Crippen molar-refractivity contribution in [2.45, 2.75) is 38.6 Å². The zero-order valence-corrected chi connectivity index (χ0v) is 16.3. The molecule has 1 aromatic heterocycles. The zero-order valence-electron chi connectivity index (χ0n) is 16.3. The summed E-state index contributed by atoms with van der Waals surface area (Å²) in [5, 5.41) is 0. The zero-order chi connectivity index (χ0) is 18.0. The van der Waals surface area contributed by atoms with Crippen LogP contribution in [-0.2, 0) is 9.47 Å². The van der Waals surface area contributed by atoms with Gasteiger partial charge in [0.1, 0.15) is 5.82 Å². The first-order valence-corrected chi connectivity index (χ1v) is 10.2. The Labute approximate surface area is 157 Å². The summed E-state index contributed by atoms with van der Waals surface area (Å²) in [6.45, 7) is 9.25. The third kappa shape index (κ3) is 3.49. The lowest BCUT2D eigenvalue weighted by Crippen LogP contribution is -2.57. The van der Waals surface area contributed by atoms with Crippen LogP contribution < -0.4 is 4.90 Å². The smallest absolute Gasteiger partial charge is 0.131 e. The van der Waals surface area contributed by atoms with E-state index in [2.05, 4.69) is 27.8 Å². The van der Waals surface area contributed by atoms with Crippen molar-refractivity contribution in [3.05, 3.63) is 23.9 Å². The van der Waals surface area contributed by atoms with E-state index in [1.165, 1.54) is 31.2 Å². The van der Waals surface area contributed by atoms with Crippen LogP contribution in [0.25, 0.3) is 0 Å². The van der Waals surface area contributed by atoms with Gasteiger partial charge in [0, 0.05) is 50.9 Å². The Balaban J connectivity index is 1.50. The van der Waals surface area contributed by atoms with Gasteiger partial charge in [0.2, 0.25) is 0 Å². The summed E-state index contributed by atoms with van der Waals surface area (Å²) in [5.41, 5.74) is 1.56. The molecule has 2 saturated heterocycles. The van der Waals surface area contributed by atoms with Crippen LogP contribution in [0.4, 0.5) is 5.82 Å². The molecule has 3 aliphatic rings. The molecule has 3 heterocycles. The molecule has 1 aromatic rings. The largest absolute Gasteiger partial charge is 0.384 e. The monoisotopic (exact) mass is 359 g/mol. The number of hydrogen-bond donors (Lipinski definition) is 0. The quantitative estimate of drug-likeness (QED) is 0.826. The Hall–Kier alpha value is -1.17. The molecule has 0 spiro atoms. The van der Waals surface area contributed by atoms with E-state index in [0.29, 0.717) is 0 Å². The number of hydrogen-bond acceptors (Lipinski definition) is 5. The van der Waals surface area contributed by atoms with Gasteiger partial charge >= 0.3 is 0 Å². The van der Waals surface area contributed by atoms with Crippen molar-refractivity contribution in [1.82, 2.24) is 9.88 Å². The SMILES string of the molecule is COC[C@]12CC[C@H](N3CCOCC3)C[C@@H]1CCN(c1ncccc1C)C2. The van der Waals surface area contributed by atoms with Gasteiger partial charge in [-0.25, -0.2) is 4.98 Å². The van der Waals surface area contributed by atoms with Gasteiger partial charge in [0.25, 0.3) is 0 Å². The molecule has 26 heavy (non-hydrogen) atoms. The molecule has 1 aliphatic carbocycles. The molecular weight excluding hydrogens is 326 g/mol. The second-order valence-corrected chi connectivity index (χ2v) is 8.42. The Morgan fingerprint density at radius 2 is 2.12 bits per heavy atom.